The van der Waals surface area contributed by atoms with Crippen LogP contribution in [0.25, 0.3) is 0 Å². The number of likely N-dealkylation sites (N-methyl/N-ethyl adjacent to an activating group) is 1. The van der Waals surface area contributed by atoms with E-state index in [1.54, 1.807) is 11.4 Å². The number of nitrogens with zero attached hydrogens (tertiary/aromatic N) is 1. The Morgan fingerprint density at radius 1 is 1.50 bits per heavy atom. The second-order valence-corrected chi connectivity index (χ2v) is 6.66. The number of primary amides is 1. The highest BCUT2D eigenvalue weighted by molar-refractivity contribution is 7.91. The van der Waals surface area contributed by atoms with Crippen molar-refractivity contribution in [3.63, 3.8) is 0 Å². The third-order valence-corrected chi connectivity index (χ3v) is 5.16. The first-order chi connectivity index (χ1) is 8.34. The maximum absolute atomic E-state index is 11.9. The predicted molar refractivity (Wildman–Crippen MR) is 66.3 cm³/mol. The van der Waals surface area contributed by atoms with Crippen LogP contribution in [0.4, 0.5) is 0 Å². The van der Waals surface area contributed by atoms with Gasteiger partial charge in [-0.05, 0) is 11.4 Å². The monoisotopic (exact) mass is 291 g/mol. The van der Waals surface area contributed by atoms with E-state index in [4.69, 9.17) is 5.73 Å². The fourth-order valence-electron chi connectivity index (χ4n) is 1.09. The van der Waals surface area contributed by atoms with E-state index < -0.39 is 21.8 Å². The van der Waals surface area contributed by atoms with Crippen molar-refractivity contribution in [1.82, 2.24) is 9.62 Å². The van der Waals surface area contributed by atoms with Crippen LogP contribution in [0.5, 0.6) is 0 Å². The van der Waals surface area contributed by atoms with Crippen LogP contribution in [0.1, 0.15) is 0 Å². The molecule has 1 aromatic rings. The molecule has 0 unspecified atom stereocenters. The minimum absolute atomic E-state index is 0.160. The largest absolute Gasteiger partial charge is 0.368 e. The Bertz CT molecular complexity index is 524. The molecule has 2 amide bonds. The summed E-state index contributed by atoms with van der Waals surface area (Å²) in [7, 11) is -2.36. The average Bonchev–Trinajstić information content (AvgIpc) is 2.80. The summed E-state index contributed by atoms with van der Waals surface area (Å²) in [6.45, 7) is -0.681. The first-order valence-corrected chi connectivity index (χ1v) is 7.21. The van der Waals surface area contributed by atoms with Crippen LogP contribution in [0.15, 0.2) is 21.7 Å². The van der Waals surface area contributed by atoms with E-state index >= 15 is 0 Å². The minimum atomic E-state index is -3.65. The SMILES string of the molecule is CN(CC(=O)NCC(N)=O)S(=O)(=O)c1cccs1. The number of rotatable bonds is 6. The van der Waals surface area contributed by atoms with Gasteiger partial charge in [-0.25, -0.2) is 8.42 Å². The number of carbonyl (C=O) groups is 2. The standard InChI is InChI=1S/C9H13N3O4S2/c1-12(6-8(14)11-5-7(10)13)18(15,16)9-3-2-4-17-9/h2-4H,5-6H2,1H3,(H2,10,13)(H,11,14). The molecule has 0 aromatic carbocycles. The van der Waals surface area contributed by atoms with E-state index in [0.717, 1.165) is 15.6 Å². The van der Waals surface area contributed by atoms with Gasteiger partial charge in [-0.3, -0.25) is 9.59 Å². The molecule has 18 heavy (non-hydrogen) atoms. The average molecular weight is 291 g/mol. The summed E-state index contributed by atoms with van der Waals surface area (Å²) in [6, 6.07) is 3.07. The van der Waals surface area contributed by atoms with E-state index in [9.17, 15) is 18.0 Å². The Kier molecular flexibility index (Phi) is 4.82. The second kappa shape index (κ2) is 5.94. The number of hydrogen-bond acceptors (Lipinski definition) is 5. The number of hydrogen-bond donors (Lipinski definition) is 2. The molecule has 0 saturated carbocycles. The zero-order valence-electron chi connectivity index (χ0n) is 9.62. The molecule has 1 heterocycles. The van der Waals surface area contributed by atoms with Crippen molar-refractivity contribution in [2.45, 2.75) is 4.21 Å². The minimum Gasteiger partial charge on any atom is -0.368 e. The van der Waals surface area contributed by atoms with Crippen LogP contribution in [0.2, 0.25) is 0 Å². The molecule has 0 saturated heterocycles. The van der Waals surface area contributed by atoms with Gasteiger partial charge in [0, 0.05) is 7.05 Å². The van der Waals surface area contributed by atoms with Crippen molar-refractivity contribution in [3.05, 3.63) is 17.5 Å². The molecule has 100 valence electrons. The smallest absolute Gasteiger partial charge is 0.252 e. The molecule has 0 bridgehead atoms. The molecular formula is C9H13N3O4S2. The Morgan fingerprint density at radius 3 is 2.67 bits per heavy atom. The van der Waals surface area contributed by atoms with Gasteiger partial charge in [-0.2, -0.15) is 4.31 Å². The van der Waals surface area contributed by atoms with E-state index in [-0.39, 0.29) is 17.3 Å². The van der Waals surface area contributed by atoms with Gasteiger partial charge in [-0.15, -0.1) is 11.3 Å². The topological polar surface area (TPSA) is 110 Å². The summed E-state index contributed by atoms with van der Waals surface area (Å²) in [6.07, 6.45) is 0. The van der Waals surface area contributed by atoms with Gasteiger partial charge < -0.3 is 11.1 Å². The summed E-state index contributed by atoms with van der Waals surface area (Å²) in [5.74, 6) is -1.27. The van der Waals surface area contributed by atoms with E-state index in [2.05, 4.69) is 5.32 Å². The lowest BCUT2D eigenvalue weighted by Crippen LogP contribution is -2.41. The first kappa shape index (κ1) is 14.6. The molecule has 0 aliphatic heterocycles. The van der Waals surface area contributed by atoms with Crippen LogP contribution in [0.3, 0.4) is 0 Å². The zero-order valence-corrected chi connectivity index (χ0v) is 11.3. The van der Waals surface area contributed by atoms with Crippen molar-refractivity contribution in [2.24, 2.45) is 5.73 Å². The Balaban J connectivity index is 2.63. The van der Waals surface area contributed by atoms with E-state index in [1.807, 2.05) is 0 Å². The van der Waals surface area contributed by atoms with Gasteiger partial charge in [0.05, 0.1) is 13.1 Å². The molecule has 7 nitrogen and oxygen atoms in total. The highest BCUT2D eigenvalue weighted by atomic mass is 32.2. The molecule has 1 rings (SSSR count). The number of amides is 2. The maximum Gasteiger partial charge on any atom is 0.252 e. The van der Waals surface area contributed by atoms with Crippen molar-refractivity contribution in [3.8, 4) is 0 Å². The van der Waals surface area contributed by atoms with Gasteiger partial charge in [0.1, 0.15) is 4.21 Å². The van der Waals surface area contributed by atoms with Gasteiger partial charge >= 0.3 is 0 Å². The van der Waals surface area contributed by atoms with Crippen LogP contribution >= 0.6 is 11.3 Å². The quantitative estimate of drug-likeness (QED) is 0.698. The molecule has 0 atom stereocenters. The van der Waals surface area contributed by atoms with E-state index in [0.29, 0.717) is 0 Å². The van der Waals surface area contributed by atoms with Gasteiger partial charge in [0.15, 0.2) is 0 Å². The molecule has 0 radical (unpaired) electrons. The molecule has 1 aromatic heterocycles. The molecule has 0 spiro atoms. The Morgan fingerprint density at radius 2 is 2.17 bits per heavy atom. The van der Waals surface area contributed by atoms with Gasteiger partial charge in [-0.1, -0.05) is 6.07 Å². The third-order valence-electron chi connectivity index (χ3n) is 1.99. The fraction of sp³-hybridized carbons (Fsp3) is 0.333. The van der Waals surface area contributed by atoms with Gasteiger partial charge in [0.2, 0.25) is 11.8 Å². The number of sulfonamides is 1. The third kappa shape index (κ3) is 3.79. The van der Waals surface area contributed by atoms with Crippen LogP contribution < -0.4 is 11.1 Å². The number of thiophene rings is 1. The lowest BCUT2D eigenvalue weighted by molar-refractivity contribution is -0.124. The van der Waals surface area contributed by atoms with E-state index in [1.165, 1.54) is 13.1 Å². The fourth-order valence-corrected chi connectivity index (χ4v) is 3.42. The molecule has 9 heteroatoms. The summed E-state index contributed by atoms with van der Waals surface area (Å²) < 4.78 is 24.9. The summed E-state index contributed by atoms with van der Waals surface area (Å²) >= 11 is 1.07. The number of nitrogens with two attached hydrogens (primary N) is 1. The van der Waals surface area contributed by atoms with Crippen molar-refractivity contribution in [1.29, 1.82) is 0 Å². The summed E-state index contributed by atoms with van der Waals surface area (Å²) in [5, 5.41) is 3.85. The second-order valence-electron chi connectivity index (χ2n) is 3.44. The summed E-state index contributed by atoms with van der Waals surface area (Å²) in [4.78, 5) is 21.8. The number of nitrogens with one attached hydrogen (secondary N) is 1. The summed E-state index contributed by atoms with van der Waals surface area (Å²) in [5.41, 5.74) is 4.85. The van der Waals surface area contributed by atoms with Crippen LogP contribution in [0, 0.1) is 0 Å². The molecule has 0 aliphatic rings. The van der Waals surface area contributed by atoms with Crippen LogP contribution in [-0.4, -0.2) is 44.7 Å². The maximum atomic E-state index is 11.9. The van der Waals surface area contributed by atoms with Gasteiger partial charge in [0.25, 0.3) is 10.0 Å². The van der Waals surface area contributed by atoms with Crippen molar-refractivity contribution >= 4 is 33.2 Å². The Hall–Kier alpha value is -1.45. The highest BCUT2D eigenvalue weighted by Crippen LogP contribution is 2.19. The van der Waals surface area contributed by atoms with Crippen molar-refractivity contribution < 1.29 is 18.0 Å². The first-order valence-electron chi connectivity index (χ1n) is 4.89. The van der Waals surface area contributed by atoms with Crippen molar-refractivity contribution in [2.75, 3.05) is 20.1 Å². The molecule has 0 aliphatic carbocycles. The molecular weight excluding hydrogens is 278 g/mol. The lowest BCUT2D eigenvalue weighted by Gasteiger charge is -2.15. The normalized spacial score (nSPS) is 11.4. The predicted octanol–water partition coefficient (Wildman–Crippen LogP) is -1.03. The zero-order chi connectivity index (χ0) is 13.8. The molecule has 3 N–H and O–H groups in total. The molecule has 0 fully saturated rings. The van der Waals surface area contributed by atoms with Crippen LogP contribution in [-0.2, 0) is 19.6 Å². The number of carbonyl (C=O) groups excluding carboxylic acids is 2. The lowest BCUT2D eigenvalue weighted by atomic mass is 10.5. The highest BCUT2D eigenvalue weighted by Gasteiger charge is 2.23. The Labute approximate surface area is 109 Å².